The van der Waals surface area contributed by atoms with E-state index in [1.807, 2.05) is 6.07 Å². The first-order valence-electron chi connectivity index (χ1n) is 8.43. The highest BCUT2D eigenvalue weighted by molar-refractivity contribution is 5.33. The van der Waals surface area contributed by atoms with Crippen LogP contribution in [0.2, 0.25) is 0 Å². The van der Waals surface area contributed by atoms with Crippen molar-refractivity contribution in [1.29, 1.82) is 0 Å². The summed E-state index contributed by atoms with van der Waals surface area (Å²) >= 11 is 0. The number of para-hydroxylation sites is 1. The SMILES string of the molecule is CC(C)NCc1ccccc1OCCCCCNC1CC1. The summed E-state index contributed by atoms with van der Waals surface area (Å²) in [5.41, 5.74) is 1.25. The van der Waals surface area contributed by atoms with Gasteiger partial charge in [0.1, 0.15) is 5.75 Å². The minimum atomic E-state index is 0.497. The van der Waals surface area contributed by atoms with Crippen molar-refractivity contribution in [2.45, 2.75) is 64.6 Å². The fourth-order valence-electron chi connectivity index (χ4n) is 2.28. The van der Waals surface area contributed by atoms with E-state index >= 15 is 0 Å². The lowest BCUT2D eigenvalue weighted by Crippen LogP contribution is -2.22. The summed E-state index contributed by atoms with van der Waals surface area (Å²) in [4.78, 5) is 0. The fraction of sp³-hybridized carbons (Fsp3) is 0.667. The number of benzene rings is 1. The Morgan fingerprint density at radius 2 is 1.95 bits per heavy atom. The van der Waals surface area contributed by atoms with Gasteiger partial charge in [-0.3, -0.25) is 0 Å². The third kappa shape index (κ3) is 6.96. The Morgan fingerprint density at radius 1 is 1.14 bits per heavy atom. The van der Waals surface area contributed by atoms with Crippen LogP contribution in [0.5, 0.6) is 5.75 Å². The van der Waals surface area contributed by atoms with Crippen LogP contribution in [0.25, 0.3) is 0 Å². The Balaban J connectivity index is 1.60. The van der Waals surface area contributed by atoms with Crippen LogP contribution in [0.1, 0.15) is 51.5 Å². The first-order valence-corrected chi connectivity index (χ1v) is 8.43. The van der Waals surface area contributed by atoms with Crippen LogP contribution in [-0.2, 0) is 6.54 Å². The van der Waals surface area contributed by atoms with Gasteiger partial charge in [-0.05, 0) is 44.7 Å². The van der Waals surface area contributed by atoms with Crippen LogP contribution in [-0.4, -0.2) is 25.2 Å². The summed E-state index contributed by atoms with van der Waals surface area (Å²) in [7, 11) is 0. The molecule has 0 heterocycles. The number of ether oxygens (including phenoxy) is 1. The third-order valence-electron chi connectivity index (χ3n) is 3.76. The lowest BCUT2D eigenvalue weighted by molar-refractivity contribution is 0.301. The van der Waals surface area contributed by atoms with Crippen LogP contribution < -0.4 is 15.4 Å². The molecule has 0 bridgehead atoms. The van der Waals surface area contributed by atoms with E-state index < -0.39 is 0 Å². The van der Waals surface area contributed by atoms with Gasteiger partial charge in [-0.15, -0.1) is 0 Å². The van der Waals surface area contributed by atoms with Crippen molar-refractivity contribution in [3.63, 3.8) is 0 Å². The Kier molecular flexibility index (Phi) is 7.04. The molecule has 21 heavy (non-hydrogen) atoms. The zero-order valence-electron chi connectivity index (χ0n) is 13.5. The maximum atomic E-state index is 5.95. The van der Waals surface area contributed by atoms with Gasteiger partial charge in [0, 0.05) is 24.2 Å². The Hall–Kier alpha value is -1.06. The monoisotopic (exact) mass is 290 g/mol. The normalized spacial score (nSPS) is 14.6. The van der Waals surface area contributed by atoms with Crippen LogP contribution >= 0.6 is 0 Å². The van der Waals surface area contributed by atoms with E-state index in [1.54, 1.807) is 0 Å². The van der Waals surface area contributed by atoms with E-state index in [1.165, 1.54) is 37.8 Å². The Morgan fingerprint density at radius 3 is 2.71 bits per heavy atom. The van der Waals surface area contributed by atoms with E-state index in [2.05, 4.69) is 42.7 Å². The molecule has 1 saturated carbocycles. The van der Waals surface area contributed by atoms with E-state index in [0.717, 1.165) is 31.4 Å². The molecule has 0 aliphatic heterocycles. The molecule has 118 valence electrons. The quantitative estimate of drug-likeness (QED) is 0.612. The predicted molar refractivity (Wildman–Crippen MR) is 88.8 cm³/mol. The minimum absolute atomic E-state index is 0.497. The third-order valence-corrected chi connectivity index (χ3v) is 3.76. The zero-order chi connectivity index (χ0) is 14.9. The average molecular weight is 290 g/mol. The van der Waals surface area contributed by atoms with Gasteiger partial charge >= 0.3 is 0 Å². The van der Waals surface area contributed by atoms with Gasteiger partial charge in [-0.25, -0.2) is 0 Å². The molecule has 1 aliphatic carbocycles. The average Bonchev–Trinajstić information content (AvgIpc) is 3.29. The lowest BCUT2D eigenvalue weighted by Gasteiger charge is -2.13. The van der Waals surface area contributed by atoms with E-state index in [0.29, 0.717) is 6.04 Å². The molecule has 0 aromatic heterocycles. The highest BCUT2D eigenvalue weighted by Gasteiger charge is 2.19. The summed E-state index contributed by atoms with van der Waals surface area (Å²) < 4.78 is 5.95. The minimum Gasteiger partial charge on any atom is -0.493 e. The number of rotatable bonds is 11. The number of hydrogen-bond donors (Lipinski definition) is 2. The van der Waals surface area contributed by atoms with Crippen molar-refractivity contribution < 1.29 is 4.74 Å². The Labute approximate surface area is 129 Å². The summed E-state index contributed by atoms with van der Waals surface area (Å²) in [6.07, 6.45) is 6.40. The first-order chi connectivity index (χ1) is 10.3. The molecule has 0 unspecified atom stereocenters. The highest BCUT2D eigenvalue weighted by Crippen LogP contribution is 2.19. The fourth-order valence-corrected chi connectivity index (χ4v) is 2.28. The van der Waals surface area contributed by atoms with Crippen molar-refractivity contribution in [3.8, 4) is 5.75 Å². The topological polar surface area (TPSA) is 33.3 Å². The molecule has 1 fully saturated rings. The number of hydrogen-bond acceptors (Lipinski definition) is 3. The van der Waals surface area contributed by atoms with Gasteiger partial charge in [0.25, 0.3) is 0 Å². The highest BCUT2D eigenvalue weighted by atomic mass is 16.5. The van der Waals surface area contributed by atoms with E-state index in [4.69, 9.17) is 4.74 Å². The molecule has 3 heteroatoms. The molecule has 0 spiro atoms. The lowest BCUT2D eigenvalue weighted by atomic mass is 10.2. The molecule has 2 N–H and O–H groups in total. The second-order valence-corrected chi connectivity index (χ2v) is 6.28. The van der Waals surface area contributed by atoms with Gasteiger partial charge in [0.05, 0.1) is 6.61 Å². The second-order valence-electron chi connectivity index (χ2n) is 6.28. The summed E-state index contributed by atoms with van der Waals surface area (Å²) in [6, 6.07) is 9.68. The number of nitrogens with one attached hydrogen (secondary N) is 2. The molecule has 0 saturated heterocycles. The van der Waals surface area contributed by atoms with Crippen molar-refractivity contribution in [1.82, 2.24) is 10.6 Å². The van der Waals surface area contributed by atoms with Gasteiger partial charge in [0.2, 0.25) is 0 Å². The predicted octanol–water partition coefficient (Wildman–Crippen LogP) is 3.49. The van der Waals surface area contributed by atoms with Crippen LogP contribution in [0, 0.1) is 0 Å². The van der Waals surface area contributed by atoms with Crippen LogP contribution in [0.4, 0.5) is 0 Å². The van der Waals surface area contributed by atoms with Crippen LogP contribution in [0.3, 0.4) is 0 Å². The second kappa shape index (κ2) is 9.06. The van der Waals surface area contributed by atoms with Crippen molar-refractivity contribution in [2.24, 2.45) is 0 Å². The molecule has 3 nitrogen and oxygen atoms in total. The molecule has 1 aliphatic rings. The Bertz CT molecular complexity index is 402. The maximum absolute atomic E-state index is 5.95. The van der Waals surface area contributed by atoms with Crippen molar-refractivity contribution in [3.05, 3.63) is 29.8 Å². The molecule has 0 atom stereocenters. The summed E-state index contributed by atoms with van der Waals surface area (Å²) in [5, 5.41) is 7.00. The molecular formula is C18H30N2O. The zero-order valence-corrected chi connectivity index (χ0v) is 13.5. The van der Waals surface area contributed by atoms with Gasteiger partial charge in [-0.1, -0.05) is 32.0 Å². The van der Waals surface area contributed by atoms with E-state index in [9.17, 15) is 0 Å². The molecule has 1 aromatic carbocycles. The molecule has 0 amide bonds. The van der Waals surface area contributed by atoms with E-state index in [-0.39, 0.29) is 0 Å². The van der Waals surface area contributed by atoms with Crippen molar-refractivity contribution >= 4 is 0 Å². The van der Waals surface area contributed by atoms with Gasteiger partial charge in [0.15, 0.2) is 0 Å². The van der Waals surface area contributed by atoms with Gasteiger partial charge in [-0.2, -0.15) is 0 Å². The molecule has 1 aromatic rings. The van der Waals surface area contributed by atoms with Gasteiger partial charge < -0.3 is 15.4 Å². The number of unbranched alkanes of at least 4 members (excludes halogenated alkanes) is 2. The standard InChI is InChI=1S/C18H30N2O/c1-15(2)20-14-16-8-4-5-9-18(16)21-13-7-3-6-12-19-17-10-11-17/h4-5,8-9,15,17,19-20H,3,6-7,10-14H2,1-2H3. The largest absolute Gasteiger partial charge is 0.493 e. The molecular weight excluding hydrogens is 260 g/mol. The smallest absolute Gasteiger partial charge is 0.123 e. The van der Waals surface area contributed by atoms with Crippen LogP contribution in [0.15, 0.2) is 24.3 Å². The first kappa shape index (κ1) is 16.3. The summed E-state index contributed by atoms with van der Waals surface area (Å²) in [5.74, 6) is 1.03. The molecule has 0 radical (unpaired) electrons. The summed E-state index contributed by atoms with van der Waals surface area (Å²) in [6.45, 7) is 7.19. The van der Waals surface area contributed by atoms with Crippen molar-refractivity contribution in [2.75, 3.05) is 13.2 Å². The molecule has 2 rings (SSSR count). The maximum Gasteiger partial charge on any atom is 0.123 e.